The zero-order valence-corrected chi connectivity index (χ0v) is 13.0. The minimum absolute atomic E-state index is 0.106. The molecule has 1 aliphatic heterocycles. The van der Waals surface area contributed by atoms with Crippen molar-refractivity contribution in [2.24, 2.45) is 5.92 Å². The third-order valence-electron chi connectivity index (χ3n) is 4.09. The number of nitrogens with zero attached hydrogens (tertiary/aromatic N) is 1. The highest BCUT2D eigenvalue weighted by Gasteiger charge is 2.22. The van der Waals surface area contributed by atoms with Crippen LogP contribution in [0.5, 0.6) is 5.75 Å². The Kier molecular flexibility index (Phi) is 6.10. The maximum atomic E-state index is 8.66. The highest BCUT2D eigenvalue weighted by molar-refractivity contribution is 5.38. The summed E-state index contributed by atoms with van der Waals surface area (Å²) >= 11 is 0. The third kappa shape index (κ3) is 5.08. The molecular formula is C18H25NO2. The first-order valence-electron chi connectivity index (χ1n) is 7.75. The lowest BCUT2D eigenvalue weighted by Crippen LogP contribution is -2.42. The lowest BCUT2D eigenvalue weighted by atomic mass is 9.93. The second-order valence-corrected chi connectivity index (χ2v) is 5.85. The molecule has 0 radical (unpaired) electrons. The maximum absolute atomic E-state index is 8.66. The molecular weight excluding hydrogens is 262 g/mol. The van der Waals surface area contributed by atoms with Crippen molar-refractivity contribution in [2.75, 3.05) is 26.3 Å². The molecule has 0 bridgehead atoms. The first kappa shape index (κ1) is 15.9. The smallest absolute Gasteiger partial charge is 0.119 e. The van der Waals surface area contributed by atoms with Gasteiger partial charge in [0.1, 0.15) is 19.0 Å². The highest BCUT2D eigenvalue weighted by atomic mass is 16.5. The summed E-state index contributed by atoms with van der Waals surface area (Å²) in [4.78, 5) is 2.51. The van der Waals surface area contributed by atoms with Crippen LogP contribution in [0.25, 0.3) is 0 Å². The van der Waals surface area contributed by atoms with E-state index in [0.717, 1.165) is 30.4 Å². The average molecular weight is 287 g/mol. The van der Waals surface area contributed by atoms with Gasteiger partial charge in [0.25, 0.3) is 0 Å². The lowest BCUT2D eigenvalue weighted by Gasteiger charge is -2.36. The minimum atomic E-state index is -0.106. The zero-order valence-electron chi connectivity index (χ0n) is 13.0. The molecule has 21 heavy (non-hydrogen) atoms. The van der Waals surface area contributed by atoms with Gasteiger partial charge in [-0.15, -0.1) is 0 Å². The van der Waals surface area contributed by atoms with E-state index < -0.39 is 0 Å². The molecule has 0 amide bonds. The molecule has 3 nitrogen and oxygen atoms in total. The van der Waals surface area contributed by atoms with Crippen LogP contribution < -0.4 is 4.74 Å². The van der Waals surface area contributed by atoms with Crippen LogP contribution in [0.1, 0.15) is 32.3 Å². The van der Waals surface area contributed by atoms with Crippen molar-refractivity contribution in [3.8, 4) is 17.6 Å². The zero-order chi connectivity index (χ0) is 15.1. The van der Waals surface area contributed by atoms with Gasteiger partial charge in [0.15, 0.2) is 0 Å². The number of piperidine rings is 1. The molecule has 2 atom stereocenters. The van der Waals surface area contributed by atoms with E-state index in [1.165, 1.54) is 19.4 Å². The van der Waals surface area contributed by atoms with E-state index in [4.69, 9.17) is 9.84 Å². The molecule has 114 valence electrons. The fraction of sp³-hybridized carbons (Fsp3) is 0.556. The van der Waals surface area contributed by atoms with Gasteiger partial charge in [0, 0.05) is 18.2 Å². The van der Waals surface area contributed by atoms with Crippen LogP contribution in [0.3, 0.4) is 0 Å². The van der Waals surface area contributed by atoms with Gasteiger partial charge in [0.05, 0.1) is 0 Å². The topological polar surface area (TPSA) is 32.7 Å². The minimum Gasteiger partial charge on any atom is -0.492 e. The van der Waals surface area contributed by atoms with Crippen LogP contribution in [0, 0.1) is 17.8 Å². The number of benzene rings is 1. The van der Waals surface area contributed by atoms with Crippen molar-refractivity contribution >= 4 is 0 Å². The van der Waals surface area contributed by atoms with Gasteiger partial charge in [0.2, 0.25) is 0 Å². The Morgan fingerprint density at radius 3 is 2.71 bits per heavy atom. The van der Waals surface area contributed by atoms with Crippen LogP contribution in [0.2, 0.25) is 0 Å². The summed E-state index contributed by atoms with van der Waals surface area (Å²) < 4.78 is 5.80. The van der Waals surface area contributed by atoms with Crippen LogP contribution in [-0.4, -0.2) is 42.4 Å². The molecule has 0 saturated carbocycles. The van der Waals surface area contributed by atoms with E-state index in [9.17, 15) is 0 Å². The summed E-state index contributed by atoms with van der Waals surface area (Å²) in [6.45, 7) is 7.43. The number of ether oxygens (including phenoxy) is 1. The van der Waals surface area contributed by atoms with Gasteiger partial charge in [-0.05, 0) is 56.5 Å². The molecule has 0 spiro atoms. The van der Waals surface area contributed by atoms with E-state index in [1.54, 1.807) is 0 Å². The number of likely N-dealkylation sites (tertiary alicyclic amines) is 1. The Morgan fingerprint density at radius 1 is 1.29 bits per heavy atom. The number of aliphatic hydroxyl groups is 1. The Morgan fingerprint density at radius 2 is 2.05 bits per heavy atom. The molecule has 2 unspecified atom stereocenters. The van der Waals surface area contributed by atoms with Crippen molar-refractivity contribution in [2.45, 2.75) is 32.7 Å². The molecule has 0 aromatic heterocycles. The quantitative estimate of drug-likeness (QED) is 0.864. The molecule has 3 heteroatoms. The molecule has 2 rings (SSSR count). The molecule has 0 aliphatic carbocycles. The van der Waals surface area contributed by atoms with E-state index in [-0.39, 0.29) is 6.61 Å². The largest absolute Gasteiger partial charge is 0.492 e. The number of rotatable bonds is 4. The summed E-state index contributed by atoms with van der Waals surface area (Å²) in [5.74, 6) is 7.24. The van der Waals surface area contributed by atoms with E-state index >= 15 is 0 Å². The van der Waals surface area contributed by atoms with Crippen LogP contribution in [-0.2, 0) is 0 Å². The Labute approximate surface area is 127 Å². The highest BCUT2D eigenvalue weighted by Crippen LogP contribution is 2.21. The SMILES string of the molecule is CC1CCN(CCOc2ccc(C#CCO)cc2)C(C)C1. The lowest BCUT2D eigenvalue weighted by molar-refractivity contribution is 0.109. The van der Waals surface area contributed by atoms with Crippen molar-refractivity contribution in [1.82, 2.24) is 4.90 Å². The number of aliphatic hydroxyl groups excluding tert-OH is 1. The molecule has 1 N–H and O–H groups in total. The van der Waals surface area contributed by atoms with Gasteiger partial charge in [-0.3, -0.25) is 4.90 Å². The summed E-state index contributed by atoms with van der Waals surface area (Å²) in [6, 6.07) is 8.37. The first-order valence-corrected chi connectivity index (χ1v) is 7.75. The molecule has 1 heterocycles. The fourth-order valence-corrected chi connectivity index (χ4v) is 2.84. The van der Waals surface area contributed by atoms with Gasteiger partial charge >= 0.3 is 0 Å². The Hall–Kier alpha value is -1.50. The predicted molar refractivity (Wildman–Crippen MR) is 85.3 cm³/mol. The number of hydrogen-bond acceptors (Lipinski definition) is 3. The van der Waals surface area contributed by atoms with Crippen molar-refractivity contribution in [1.29, 1.82) is 0 Å². The third-order valence-corrected chi connectivity index (χ3v) is 4.09. The summed E-state index contributed by atoms with van der Waals surface area (Å²) in [5.41, 5.74) is 0.898. The van der Waals surface area contributed by atoms with Gasteiger partial charge in [-0.1, -0.05) is 18.8 Å². The second-order valence-electron chi connectivity index (χ2n) is 5.85. The first-order chi connectivity index (χ1) is 10.2. The van der Waals surface area contributed by atoms with E-state index in [0.29, 0.717) is 6.04 Å². The normalized spacial score (nSPS) is 22.4. The Balaban J connectivity index is 1.75. The maximum Gasteiger partial charge on any atom is 0.119 e. The Bertz CT molecular complexity index is 486. The average Bonchev–Trinajstić information content (AvgIpc) is 2.48. The molecule has 1 aromatic rings. The molecule has 1 saturated heterocycles. The van der Waals surface area contributed by atoms with Gasteiger partial charge in [-0.2, -0.15) is 0 Å². The monoisotopic (exact) mass is 287 g/mol. The van der Waals surface area contributed by atoms with E-state index in [1.807, 2.05) is 24.3 Å². The van der Waals surface area contributed by atoms with Crippen LogP contribution in [0.4, 0.5) is 0 Å². The molecule has 1 fully saturated rings. The van der Waals surface area contributed by atoms with Gasteiger partial charge < -0.3 is 9.84 Å². The number of hydrogen-bond donors (Lipinski definition) is 1. The molecule has 1 aromatic carbocycles. The molecule has 1 aliphatic rings. The van der Waals surface area contributed by atoms with Crippen LogP contribution in [0.15, 0.2) is 24.3 Å². The standard InChI is InChI=1S/C18H25NO2/c1-15-9-10-19(16(2)14-15)11-13-21-18-7-5-17(6-8-18)4-3-12-20/h5-8,15-16,20H,9-14H2,1-2H3. The van der Waals surface area contributed by atoms with E-state index in [2.05, 4.69) is 30.6 Å². The van der Waals surface area contributed by atoms with Crippen molar-refractivity contribution in [3.63, 3.8) is 0 Å². The summed E-state index contributed by atoms with van der Waals surface area (Å²) in [7, 11) is 0. The predicted octanol–water partition coefficient (Wildman–Crippen LogP) is 2.53. The second kappa shape index (κ2) is 8.07. The van der Waals surface area contributed by atoms with Crippen LogP contribution >= 0.6 is 0 Å². The summed E-state index contributed by atoms with van der Waals surface area (Å²) in [5, 5.41) is 8.66. The summed E-state index contributed by atoms with van der Waals surface area (Å²) in [6.07, 6.45) is 2.58. The van der Waals surface area contributed by atoms with Crippen molar-refractivity contribution in [3.05, 3.63) is 29.8 Å². The van der Waals surface area contributed by atoms with Gasteiger partial charge in [-0.25, -0.2) is 0 Å². The fourth-order valence-electron chi connectivity index (χ4n) is 2.84. The van der Waals surface area contributed by atoms with Crippen molar-refractivity contribution < 1.29 is 9.84 Å².